The molecular formula is C23H19FN4O3. The summed E-state index contributed by atoms with van der Waals surface area (Å²) in [5.41, 5.74) is 2.65. The van der Waals surface area contributed by atoms with Crippen LogP contribution in [0.3, 0.4) is 0 Å². The number of aryl methyl sites for hydroxylation is 1. The van der Waals surface area contributed by atoms with Crippen LogP contribution in [0.5, 0.6) is 5.75 Å². The molecule has 7 nitrogen and oxygen atoms in total. The Morgan fingerprint density at radius 1 is 0.968 bits per heavy atom. The summed E-state index contributed by atoms with van der Waals surface area (Å²) in [5.74, 6) is 0.271. The number of aromatic nitrogens is 2. The van der Waals surface area contributed by atoms with Crippen molar-refractivity contribution >= 4 is 17.4 Å². The van der Waals surface area contributed by atoms with Crippen molar-refractivity contribution in [1.82, 2.24) is 10.2 Å². The van der Waals surface area contributed by atoms with Crippen molar-refractivity contribution in [3.8, 4) is 28.7 Å². The third kappa shape index (κ3) is 4.53. The van der Waals surface area contributed by atoms with Crippen LogP contribution in [0.2, 0.25) is 0 Å². The fraction of sp³-hybridized carbons (Fsp3) is 0.0870. The molecule has 2 N–H and O–H groups in total. The van der Waals surface area contributed by atoms with E-state index in [4.69, 9.17) is 9.15 Å². The fourth-order valence-corrected chi connectivity index (χ4v) is 3.00. The number of nitrogens with one attached hydrogen (secondary N) is 2. The summed E-state index contributed by atoms with van der Waals surface area (Å²) in [5, 5.41) is 13.3. The van der Waals surface area contributed by atoms with Gasteiger partial charge in [0.2, 0.25) is 5.89 Å². The summed E-state index contributed by atoms with van der Waals surface area (Å²) >= 11 is 0. The Morgan fingerprint density at radius 2 is 1.74 bits per heavy atom. The predicted molar refractivity (Wildman–Crippen MR) is 116 cm³/mol. The molecule has 1 heterocycles. The van der Waals surface area contributed by atoms with Crippen LogP contribution in [0, 0.1) is 12.7 Å². The van der Waals surface area contributed by atoms with E-state index in [9.17, 15) is 9.18 Å². The molecule has 0 spiro atoms. The monoisotopic (exact) mass is 418 g/mol. The number of halogens is 1. The van der Waals surface area contributed by atoms with E-state index in [-0.39, 0.29) is 17.3 Å². The number of ether oxygens (including phenoxy) is 1. The Labute approximate surface area is 177 Å². The molecule has 1 aromatic heterocycles. The largest absolute Gasteiger partial charge is 0.495 e. The lowest BCUT2D eigenvalue weighted by molar-refractivity contribution is 0.262. The lowest BCUT2D eigenvalue weighted by Gasteiger charge is -2.12. The van der Waals surface area contributed by atoms with Gasteiger partial charge in [0.05, 0.1) is 18.4 Å². The second-order valence-corrected chi connectivity index (χ2v) is 6.76. The third-order valence-corrected chi connectivity index (χ3v) is 4.50. The Bertz CT molecular complexity index is 1220. The Kier molecular flexibility index (Phi) is 5.61. The van der Waals surface area contributed by atoms with Crippen molar-refractivity contribution in [3.63, 3.8) is 0 Å². The molecule has 156 valence electrons. The number of urea groups is 1. The number of carbonyl (C=O) groups excluding carboxylic acids is 1. The summed E-state index contributed by atoms with van der Waals surface area (Å²) in [4.78, 5) is 12.5. The number of anilines is 2. The van der Waals surface area contributed by atoms with Gasteiger partial charge in [0.1, 0.15) is 11.6 Å². The molecule has 0 aliphatic rings. The summed E-state index contributed by atoms with van der Waals surface area (Å²) in [7, 11) is 1.52. The summed E-state index contributed by atoms with van der Waals surface area (Å²) in [6.07, 6.45) is 0. The van der Waals surface area contributed by atoms with Crippen LogP contribution in [-0.4, -0.2) is 23.3 Å². The molecule has 2 amide bonds. The van der Waals surface area contributed by atoms with E-state index in [0.717, 1.165) is 11.1 Å². The van der Waals surface area contributed by atoms with Crippen LogP contribution in [0.1, 0.15) is 5.56 Å². The fourth-order valence-electron chi connectivity index (χ4n) is 3.00. The zero-order valence-electron chi connectivity index (χ0n) is 16.8. The van der Waals surface area contributed by atoms with E-state index < -0.39 is 11.8 Å². The molecular weight excluding hydrogens is 399 g/mol. The lowest BCUT2D eigenvalue weighted by atomic mass is 10.2. The second kappa shape index (κ2) is 8.66. The molecule has 0 fully saturated rings. The maximum absolute atomic E-state index is 14.4. The predicted octanol–water partition coefficient (Wildman–Crippen LogP) is 5.50. The molecule has 0 unspecified atom stereocenters. The summed E-state index contributed by atoms with van der Waals surface area (Å²) < 4.78 is 25.3. The van der Waals surface area contributed by atoms with Crippen LogP contribution in [0.4, 0.5) is 20.6 Å². The molecule has 0 bridgehead atoms. The number of nitrogens with zero attached hydrogens (tertiary/aromatic N) is 2. The van der Waals surface area contributed by atoms with E-state index in [1.54, 1.807) is 12.1 Å². The van der Waals surface area contributed by atoms with E-state index in [1.807, 2.05) is 43.3 Å². The van der Waals surface area contributed by atoms with Gasteiger partial charge in [-0.2, -0.15) is 0 Å². The number of benzene rings is 3. The zero-order chi connectivity index (χ0) is 21.8. The van der Waals surface area contributed by atoms with Gasteiger partial charge >= 0.3 is 6.03 Å². The molecule has 0 atom stereocenters. The van der Waals surface area contributed by atoms with Gasteiger partial charge in [-0.3, -0.25) is 0 Å². The lowest BCUT2D eigenvalue weighted by Crippen LogP contribution is -2.20. The van der Waals surface area contributed by atoms with Gasteiger partial charge in [-0.15, -0.1) is 10.2 Å². The summed E-state index contributed by atoms with van der Waals surface area (Å²) in [6, 6.07) is 18.2. The highest BCUT2D eigenvalue weighted by molar-refractivity contribution is 6.01. The molecule has 0 radical (unpaired) electrons. The molecule has 8 heteroatoms. The normalized spacial score (nSPS) is 10.5. The van der Waals surface area contributed by atoms with Gasteiger partial charge < -0.3 is 19.8 Å². The minimum atomic E-state index is -0.547. The van der Waals surface area contributed by atoms with Gasteiger partial charge in [-0.25, -0.2) is 9.18 Å². The van der Waals surface area contributed by atoms with Crippen LogP contribution < -0.4 is 15.4 Å². The first-order valence-corrected chi connectivity index (χ1v) is 9.45. The molecule has 4 rings (SSSR count). The number of hydrogen-bond acceptors (Lipinski definition) is 5. The highest BCUT2D eigenvalue weighted by Crippen LogP contribution is 2.29. The molecule has 0 aliphatic heterocycles. The minimum Gasteiger partial charge on any atom is -0.495 e. The van der Waals surface area contributed by atoms with Crippen molar-refractivity contribution < 1.29 is 18.3 Å². The topological polar surface area (TPSA) is 89.3 Å². The van der Waals surface area contributed by atoms with Crippen molar-refractivity contribution in [2.24, 2.45) is 0 Å². The van der Waals surface area contributed by atoms with Gasteiger partial charge in [0.15, 0.2) is 0 Å². The minimum absolute atomic E-state index is 0.0146. The van der Waals surface area contributed by atoms with Gasteiger partial charge in [0, 0.05) is 11.3 Å². The Hall–Kier alpha value is -4.20. The maximum atomic E-state index is 14.4. The molecule has 31 heavy (non-hydrogen) atoms. The molecule has 3 aromatic carbocycles. The number of carbonyl (C=O) groups is 1. The van der Waals surface area contributed by atoms with Crippen LogP contribution in [0.25, 0.3) is 22.9 Å². The second-order valence-electron chi connectivity index (χ2n) is 6.76. The van der Waals surface area contributed by atoms with Crippen LogP contribution in [-0.2, 0) is 0 Å². The first-order valence-electron chi connectivity index (χ1n) is 9.45. The number of methoxy groups -OCH3 is 1. The van der Waals surface area contributed by atoms with Crippen LogP contribution >= 0.6 is 0 Å². The van der Waals surface area contributed by atoms with Gasteiger partial charge in [-0.05, 0) is 55.0 Å². The highest BCUT2D eigenvalue weighted by Gasteiger charge is 2.16. The number of rotatable bonds is 5. The first kappa shape index (κ1) is 20.1. The maximum Gasteiger partial charge on any atom is 0.323 e. The van der Waals surface area contributed by atoms with E-state index in [2.05, 4.69) is 20.8 Å². The van der Waals surface area contributed by atoms with E-state index in [0.29, 0.717) is 17.1 Å². The molecule has 0 saturated carbocycles. The van der Waals surface area contributed by atoms with Crippen molar-refractivity contribution in [3.05, 3.63) is 78.1 Å². The van der Waals surface area contributed by atoms with E-state index >= 15 is 0 Å². The SMILES string of the molecule is COc1ccc(C)cc1NC(=O)Nc1ccc(F)c(-c2nnc(-c3ccccc3)o2)c1. The number of hydrogen-bond donors (Lipinski definition) is 2. The molecule has 4 aromatic rings. The van der Waals surface area contributed by atoms with E-state index in [1.165, 1.54) is 25.3 Å². The standard InChI is InChI=1S/C23H19FN4O3/c1-14-8-11-20(30-2)19(12-14)26-23(29)25-16-9-10-18(24)17(13-16)22-28-27-21(31-22)15-6-4-3-5-7-15/h3-13H,1-2H3,(H2,25,26,29). The van der Waals surface area contributed by atoms with Crippen molar-refractivity contribution in [2.75, 3.05) is 17.7 Å². The highest BCUT2D eigenvalue weighted by atomic mass is 19.1. The third-order valence-electron chi connectivity index (χ3n) is 4.50. The zero-order valence-corrected chi connectivity index (χ0v) is 16.8. The average Bonchev–Trinajstić information content (AvgIpc) is 3.26. The quantitative estimate of drug-likeness (QED) is 0.446. The summed E-state index contributed by atoms with van der Waals surface area (Å²) in [6.45, 7) is 1.91. The Morgan fingerprint density at radius 3 is 2.52 bits per heavy atom. The van der Waals surface area contributed by atoms with Gasteiger partial charge in [0.25, 0.3) is 5.89 Å². The van der Waals surface area contributed by atoms with Crippen molar-refractivity contribution in [1.29, 1.82) is 0 Å². The molecule has 0 saturated heterocycles. The molecule has 0 aliphatic carbocycles. The number of amides is 2. The first-order chi connectivity index (χ1) is 15.0. The average molecular weight is 418 g/mol. The van der Waals surface area contributed by atoms with Crippen molar-refractivity contribution in [2.45, 2.75) is 6.92 Å². The smallest absolute Gasteiger partial charge is 0.323 e. The van der Waals surface area contributed by atoms with Gasteiger partial charge in [-0.1, -0.05) is 24.3 Å². The van der Waals surface area contributed by atoms with Crippen LogP contribution in [0.15, 0.2) is 71.1 Å². The Balaban J connectivity index is 1.54.